The van der Waals surface area contributed by atoms with Gasteiger partial charge in [-0.25, -0.2) is 9.18 Å². The lowest BCUT2D eigenvalue weighted by atomic mass is 9.85. The summed E-state index contributed by atoms with van der Waals surface area (Å²) in [6, 6.07) is 8.98. The van der Waals surface area contributed by atoms with E-state index in [2.05, 4.69) is 6.92 Å². The lowest BCUT2D eigenvalue weighted by molar-refractivity contribution is 0.0595. The van der Waals surface area contributed by atoms with Gasteiger partial charge in [-0.05, 0) is 78.6 Å². The lowest BCUT2D eigenvalue weighted by Crippen LogP contribution is -2.34. The van der Waals surface area contributed by atoms with Gasteiger partial charge in [0.05, 0.1) is 19.3 Å². The molecule has 31 heavy (non-hydrogen) atoms. The van der Waals surface area contributed by atoms with E-state index >= 15 is 0 Å². The molecule has 168 valence electrons. The Morgan fingerprint density at radius 1 is 1.10 bits per heavy atom. The highest BCUT2D eigenvalue weighted by Crippen LogP contribution is 2.50. The number of ether oxygens (including phenoxy) is 2. The summed E-state index contributed by atoms with van der Waals surface area (Å²) in [5.74, 6) is 0.422. The van der Waals surface area contributed by atoms with Crippen molar-refractivity contribution in [1.82, 2.24) is 0 Å². The Labute approximate surface area is 183 Å². The fraction of sp³-hybridized carbons (Fsp3) is 0.458. The number of rotatable bonds is 4. The molecule has 1 saturated heterocycles. The molecular formula is C24H29FO5S. The quantitative estimate of drug-likeness (QED) is 0.587. The third-order valence-corrected chi connectivity index (χ3v) is 8.23. The van der Waals surface area contributed by atoms with Crippen LogP contribution >= 0.6 is 10.6 Å². The van der Waals surface area contributed by atoms with Crippen LogP contribution in [0.5, 0.6) is 5.75 Å². The number of benzene rings is 2. The van der Waals surface area contributed by atoms with E-state index in [9.17, 15) is 18.3 Å². The molecule has 0 bridgehead atoms. The van der Waals surface area contributed by atoms with Gasteiger partial charge < -0.3 is 9.47 Å². The second-order valence-corrected chi connectivity index (χ2v) is 11.4. The first kappa shape index (κ1) is 22.1. The number of carbonyl (C=O) groups is 1. The normalized spacial score (nSPS) is 20.0. The number of aryl methyl sites for hydroxylation is 2. The highest BCUT2D eigenvalue weighted by molar-refractivity contribution is 8.24. The van der Waals surface area contributed by atoms with E-state index in [-0.39, 0.29) is 11.0 Å². The number of fused-ring (bicyclic) bond motifs is 3. The third kappa shape index (κ3) is 4.73. The van der Waals surface area contributed by atoms with E-state index < -0.39 is 22.4 Å². The molecule has 1 heterocycles. The zero-order valence-electron chi connectivity index (χ0n) is 17.9. The maximum absolute atomic E-state index is 14.4. The van der Waals surface area contributed by atoms with Crippen molar-refractivity contribution in [2.24, 2.45) is 5.41 Å². The molecule has 2 aliphatic rings. The molecule has 1 aliphatic carbocycles. The minimum Gasteiger partial charge on any atom is -0.493 e. The zero-order chi connectivity index (χ0) is 22.2. The van der Waals surface area contributed by atoms with Crippen LogP contribution in [0.15, 0.2) is 30.3 Å². The van der Waals surface area contributed by atoms with Gasteiger partial charge >= 0.3 is 5.97 Å². The summed E-state index contributed by atoms with van der Waals surface area (Å²) in [5.41, 5.74) is 3.74. The van der Waals surface area contributed by atoms with E-state index in [1.165, 1.54) is 13.2 Å². The van der Waals surface area contributed by atoms with Crippen LogP contribution in [0, 0.1) is 11.2 Å². The number of hydrogen-bond donors (Lipinski definition) is 2. The van der Waals surface area contributed by atoms with E-state index in [4.69, 9.17) is 9.47 Å². The summed E-state index contributed by atoms with van der Waals surface area (Å²) < 4.78 is 45.0. The van der Waals surface area contributed by atoms with Crippen LogP contribution < -0.4 is 4.74 Å². The van der Waals surface area contributed by atoms with Crippen molar-refractivity contribution in [2.45, 2.75) is 39.0 Å². The molecule has 0 atom stereocenters. The maximum atomic E-state index is 14.4. The molecule has 2 aromatic carbocycles. The second kappa shape index (κ2) is 8.45. The fourth-order valence-corrected chi connectivity index (χ4v) is 6.23. The smallest absolute Gasteiger partial charge is 0.340 e. The topological polar surface area (TPSA) is 76.0 Å². The molecule has 7 heteroatoms. The first-order chi connectivity index (χ1) is 14.7. The minimum absolute atomic E-state index is 0.0503. The van der Waals surface area contributed by atoms with Crippen LogP contribution in [0.1, 0.15) is 47.7 Å². The van der Waals surface area contributed by atoms with Crippen LogP contribution in [0.25, 0.3) is 11.1 Å². The Balaban J connectivity index is 1.57. The highest BCUT2D eigenvalue weighted by Gasteiger charge is 2.34. The summed E-state index contributed by atoms with van der Waals surface area (Å²) in [5, 5.41) is 0. The first-order valence-corrected chi connectivity index (χ1v) is 12.5. The SMILES string of the molecule is COC(=O)c1cc2c(cc1F)CCCc1cc(OCC3(C)CCS(O)(O)CC3)ccc1-2. The van der Waals surface area contributed by atoms with Crippen LogP contribution in [0.3, 0.4) is 0 Å². The molecule has 0 radical (unpaired) electrons. The molecule has 0 amide bonds. The van der Waals surface area contributed by atoms with Gasteiger partial charge in [0.1, 0.15) is 11.6 Å². The van der Waals surface area contributed by atoms with Crippen molar-refractivity contribution in [3.8, 4) is 16.9 Å². The molecule has 0 aromatic heterocycles. The van der Waals surface area contributed by atoms with Gasteiger partial charge in [-0.3, -0.25) is 9.11 Å². The molecule has 0 unspecified atom stereocenters. The molecule has 4 rings (SSSR count). The predicted octanol–water partition coefficient (Wildman–Crippen LogP) is 5.70. The summed E-state index contributed by atoms with van der Waals surface area (Å²) in [4.78, 5) is 12.0. The molecule has 0 spiro atoms. The van der Waals surface area contributed by atoms with Crippen LogP contribution in [0.4, 0.5) is 4.39 Å². The lowest BCUT2D eigenvalue weighted by Gasteiger charge is -2.44. The van der Waals surface area contributed by atoms with Crippen LogP contribution in [0.2, 0.25) is 0 Å². The Hall–Kier alpha value is -2.09. The molecule has 1 aliphatic heterocycles. The van der Waals surface area contributed by atoms with Crippen molar-refractivity contribution < 1.29 is 27.8 Å². The largest absolute Gasteiger partial charge is 0.493 e. The van der Waals surface area contributed by atoms with Crippen molar-refractivity contribution >= 4 is 16.6 Å². The average Bonchev–Trinajstić information content (AvgIpc) is 2.92. The van der Waals surface area contributed by atoms with Crippen molar-refractivity contribution in [3.05, 3.63) is 52.8 Å². The monoisotopic (exact) mass is 448 g/mol. The van der Waals surface area contributed by atoms with Crippen molar-refractivity contribution in [3.63, 3.8) is 0 Å². The van der Waals surface area contributed by atoms with E-state index in [1.807, 2.05) is 18.2 Å². The molecule has 2 aromatic rings. The van der Waals surface area contributed by atoms with Crippen molar-refractivity contribution in [1.29, 1.82) is 0 Å². The number of esters is 1. The number of methoxy groups -OCH3 is 1. The molecule has 0 saturated carbocycles. The van der Waals surface area contributed by atoms with E-state index in [1.54, 1.807) is 6.07 Å². The first-order valence-electron chi connectivity index (χ1n) is 10.6. The Morgan fingerprint density at radius 2 is 1.77 bits per heavy atom. The van der Waals surface area contributed by atoms with E-state index in [0.29, 0.717) is 18.1 Å². The number of hydrogen-bond acceptors (Lipinski definition) is 5. The second-order valence-electron chi connectivity index (χ2n) is 8.96. The molecule has 5 nitrogen and oxygen atoms in total. The zero-order valence-corrected chi connectivity index (χ0v) is 18.8. The van der Waals surface area contributed by atoms with Gasteiger partial charge in [-0.2, -0.15) is 10.6 Å². The molecule has 2 N–H and O–H groups in total. The van der Waals surface area contributed by atoms with Gasteiger partial charge in [0.2, 0.25) is 0 Å². The van der Waals surface area contributed by atoms with Gasteiger partial charge in [0.15, 0.2) is 0 Å². The van der Waals surface area contributed by atoms with Crippen molar-refractivity contribution in [2.75, 3.05) is 25.2 Å². The Morgan fingerprint density at radius 3 is 2.45 bits per heavy atom. The summed E-state index contributed by atoms with van der Waals surface area (Å²) in [7, 11) is -1.16. The fourth-order valence-electron chi connectivity index (χ4n) is 4.39. The molecular weight excluding hydrogens is 419 g/mol. The summed E-state index contributed by atoms with van der Waals surface area (Å²) in [6.07, 6.45) is 3.93. The van der Waals surface area contributed by atoms with Crippen LogP contribution in [-0.2, 0) is 17.6 Å². The highest BCUT2D eigenvalue weighted by atomic mass is 32.3. The van der Waals surface area contributed by atoms with Crippen LogP contribution in [-0.4, -0.2) is 40.3 Å². The minimum atomic E-state index is -2.41. The van der Waals surface area contributed by atoms with Gasteiger partial charge in [-0.1, -0.05) is 13.0 Å². The Bertz CT molecular complexity index is 994. The average molecular weight is 449 g/mol. The van der Waals surface area contributed by atoms with Gasteiger partial charge in [-0.15, -0.1) is 0 Å². The van der Waals surface area contributed by atoms with Gasteiger partial charge in [0, 0.05) is 16.9 Å². The van der Waals surface area contributed by atoms with E-state index in [0.717, 1.165) is 60.1 Å². The molecule has 1 fully saturated rings. The number of halogens is 1. The predicted molar refractivity (Wildman–Crippen MR) is 121 cm³/mol. The number of carbonyl (C=O) groups excluding carboxylic acids is 1. The summed E-state index contributed by atoms with van der Waals surface area (Å²) in [6.45, 7) is 2.65. The Kier molecular flexibility index (Phi) is 6.03. The maximum Gasteiger partial charge on any atom is 0.340 e. The van der Waals surface area contributed by atoms with Gasteiger partial charge in [0.25, 0.3) is 0 Å². The standard InChI is InChI=1S/C24H29FO5S/c1-24(8-10-31(27,28)11-9-24)15-30-18-6-7-19-16(12-18)4-3-5-17-13-22(25)21(14-20(17)19)23(26)29-2/h6-7,12-14,27-28H,3-5,8-11,15H2,1-2H3. The summed E-state index contributed by atoms with van der Waals surface area (Å²) >= 11 is 0. The third-order valence-electron chi connectivity index (χ3n) is 6.51.